The lowest BCUT2D eigenvalue weighted by Gasteiger charge is -2.20. The first-order chi connectivity index (χ1) is 13.8. The fourth-order valence-electron chi connectivity index (χ4n) is 3.88. The Hall–Kier alpha value is -2.98. The Bertz CT molecular complexity index is 1120. The summed E-state index contributed by atoms with van der Waals surface area (Å²) in [5, 5.41) is 3.41. The Labute approximate surface area is 168 Å². The molecule has 0 saturated heterocycles. The smallest absolute Gasteiger partial charge is 0.193 e. The second-order valence-corrected chi connectivity index (χ2v) is 7.90. The molecule has 1 N–H and O–H groups in total. The highest BCUT2D eigenvalue weighted by atomic mass is 32.2. The van der Waals surface area contributed by atoms with Gasteiger partial charge in [0.05, 0.1) is 23.2 Å². The number of carbonyl (C=O) groups is 1. The summed E-state index contributed by atoms with van der Waals surface area (Å²) in [6.07, 6.45) is 0. The van der Waals surface area contributed by atoms with Gasteiger partial charge in [-0.1, -0.05) is 54.6 Å². The molecule has 0 bridgehead atoms. The number of para-hydroxylation sites is 2. The number of carbonyl (C=O) groups excluding carboxylic acids is 1. The molecule has 0 spiro atoms. The van der Waals surface area contributed by atoms with Crippen molar-refractivity contribution in [3.05, 3.63) is 95.1 Å². The summed E-state index contributed by atoms with van der Waals surface area (Å²) >= 11 is 1.70. The molecule has 138 valence electrons. The maximum absolute atomic E-state index is 13.4. The lowest BCUT2D eigenvalue weighted by Crippen LogP contribution is -2.09. The Morgan fingerprint density at radius 2 is 1.64 bits per heavy atom. The van der Waals surface area contributed by atoms with E-state index >= 15 is 0 Å². The lowest BCUT2D eigenvalue weighted by molar-refractivity contribution is 0.103. The van der Waals surface area contributed by atoms with Gasteiger partial charge in [-0.15, -0.1) is 11.8 Å². The van der Waals surface area contributed by atoms with Gasteiger partial charge >= 0.3 is 0 Å². The van der Waals surface area contributed by atoms with E-state index in [9.17, 15) is 4.79 Å². The molecule has 1 aliphatic heterocycles. The molecule has 1 aliphatic carbocycles. The van der Waals surface area contributed by atoms with Crippen molar-refractivity contribution < 1.29 is 9.53 Å². The van der Waals surface area contributed by atoms with Crippen LogP contribution >= 0.6 is 11.8 Å². The third-order valence-corrected chi connectivity index (χ3v) is 6.45. The fourth-order valence-corrected chi connectivity index (χ4v) is 5.21. The Balaban J connectivity index is 1.75. The van der Waals surface area contributed by atoms with Crippen molar-refractivity contribution in [2.45, 2.75) is 17.1 Å². The molecule has 0 aromatic heterocycles. The normalized spacial score (nSPS) is 17.3. The minimum Gasteiger partial charge on any atom is -0.494 e. The van der Waals surface area contributed by atoms with Crippen molar-refractivity contribution in [2.75, 3.05) is 11.9 Å². The van der Waals surface area contributed by atoms with Gasteiger partial charge in [0.15, 0.2) is 5.78 Å². The van der Waals surface area contributed by atoms with Crippen LogP contribution in [0, 0.1) is 0 Å². The Morgan fingerprint density at radius 1 is 0.929 bits per heavy atom. The van der Waals surface area contributed by atoms with Crippen LogP contribution in [0.4, 0.5) is 5.69 Å². The first kappa shape index (κ1) is 17.1. The van der Waals surface area contributed by atoms with Crippen molar-refractivity contribution >= 4 is 28.9 Å². The molecule has 0 radical (unpaired) electrons. The van der Waals surface area contributed by atoms with Gasteiger partial charge < -0.3 is 10.1 Å². The minimum atomic E-state index is -0.145. The van der Waals surface area contributed by atoms with Crippen LogP contribution in [0.25, 0.3) is 5.70 Å². The molecule has 1 heterocycles. The van der Waals surface area contributed by atoms with Crippen molar-refractivity contribution in [3.63, 3.8) is 0 Å². The number of hydrogen-bond donors (Lipinski definition) is 1. The number of ketones is 1. The summed E-state index contributed by atoms with van der Waals surface area (Å²) in [4.78, 5) is 14.6. The number of rotatable bonds is 3. The van der Waals surface area contributed by atoms with E-state index < -0.39 is 0 Å². The van der Waals surface area contributed by atoms with Gasteiger partial charge in [-0.3, -0.25) is 4.79 Å². The average Bonchev–Trinajstić information content (AvgIpc) is 2.90. The number of ether oxygens (including phenoxy) is 1. The highest BCUT2D eigenvalue weighted by Gasteiger charge is 2.38. The topological polar surface area (TPSA) is 38.3 Å². The van der Waals surface area contributed by atoms with Crippen molar-refractivity contribution in [3.8, 4) is 5.75 Å². The largest absolute Gasteiger partial charge is 0.494 e. The van der Waals surface area contributed by atoms with E-state index in [2.05, 4.69) is 23.5 Å². The molecule has 1 atom stereocenters. The zero-order chi connectivity index (χ0) is 19.1. The number of Topliss-reactive ketones (excluding diaryl/α,β-unsaturated/α-hetero) is 1. The van der Waals surface area contributed by atoms with Crippen LogP contribution in [0.5, 0.6) is 5.75 Å². The summed E-state index contributed by atoms with van der Waals surface area (Å²) in [6.45, 7) is 2.57. The first-order valence-electron chi connectivity index (χ1n) is 9.40. The van der Waals surface area contributed by atoms with Crippen LogP contribution in [0.2, 0.25) is 0 Å². The maximum atomic E-state index is 13.4. The van der Waals surface area contributed by atoms with Gasteiger partial charge in [-0.05, 0) is 25.1 Å². The summed E-state index contributed by atoms with van der Waals surface area (Å²) in [5.74, 6) is 0.923. The second kappa shape index (κ2) is 6.88. The molecule has 4 heteroatoms. The molecule has 0 amide bonds. The summed E-state index contributed by atoms with van der Waals surface area (Å²) in [6, 6.07) is 24.1. The van der Waals surface area contributed by atoms with E-state index in [0.717, 1.165) is 44.3 Å². The van der Waals surface area contributed by atoms with Gasteiger partial charge in [-0.25, -0.2) is 0 Å². The highest BCUT2D eigenvalue weighted by molar-refractivity contribution is 8.00. The first-order valence-corrected chi connectivity index (χ1v) is 10.3. The van der Waals surface area contributed by atoms with E-state index in [1.165, 1.54) is 0 Å². The number of hydrogen-bond acceptors (Lipinski definition) is 4. The van der Waals surface area contributed by atoms with Gasteiger partial charge in [0.1, 0.15) is 5.75 Å². The molecule has 0 saturated carbocycles. The third kappa shape index (κ3) is 2.64. The van der Waals surface area contributed by atoms with Crippen LogP contribution < -0.4 is 10.1 Å². The number of anilines is 1. The standard InChI is InChI=1S/C24H19NO2S/c1-2-27-19-13-7-5-11-17(19)24-21-22(15-9-3-4-10-16(15)23(21)26)25-18-12-6-8-14-20(18)28-24/h3-14,24-25H,2H2,1H3/t24-/m1/s1. The van der Waals surface area contributed by atoms with Crippen LogP contribution in [0.3, 0.4) is 0 Å². The van der Waals surface area contributed by atoms with Crippen LogP contribution in [-0.4, -0.2) is 12.4 Å². The monoisotopic (exact) mass is 385 g/mol. The second-order valence-electron chi connectivity index (χ2n) is 6.75. The minimum absolute atomic E-state index is 0.0923. The molecular weight excluding hydrogens is 366 g/mol. The number of fused-ring (bicyclic) bond motifs is 3. The number of thioether (sulfide) groups is 1. The molecule has 0 fully saturated rings. The van der Waals surface area contributed by atoms with E-state index in [-0.39, 0.29) is 11.0 Å². The van der Waals surface area contributed by atoms with E-state index in [4.69, 9.17) is 4.74 Å². The molecule has 3 aromatic carbocycles. The Kier molecular flexibility index (Phi) is 4.21. The van der Waals surface area contributed by atoms with E-state index in [0.29, 0.717) is 6.61 Å². The van der Waals surface area contributed by atoms with Gasteiger partial charge in [0.2, 0.25) is 0 Å². The van der Waals surface area contributed by atoms with Crippen LogP contribution in [0.1, 0.15) is 33.7 Å². The summed E-state index contributed by atoms with van der Waals surface area (Å²) in [7, 11) is 0. The van der Waals surface area contributed by atoms with Crippen molar-refractivity contribution in [1.29, 1.82) is 0 Å². The number of benzene rings is 3. The third-order valence-electron chi connectivity index (χ3n) is 5.11. The zero-order valence-electron chi connectivity index (χ0n) is 15.4. The quantitative estimate of drug-likeness (QED) is 0.604. The molecule has 3 nitrogen and oxygen atoms in total. The van der Waals surface area contributed by atoms with Crippen molar-refractivity contribution in [2.24, 2.45) is 0 Å². The molecule has 0 unspecified atom stereocenters. The molecule has 2 aliphatic rings. The number of nitrogens with one attached hydrogen (secondary N) is 1. The SMILES string of the molecule is CCOc1ccccc1[C@H]1Sc2ccccc2NC2=C1C(=O)c1ccccc12. The molecule has 28 heavy (non-hydrogen) atoms. The van der Waals surface area contributed by atoms with E-state index in [1.54, 1.807) is 11.8 Å². The van der Waals surface area contributed by atoms with E-state index in [1.807, 2.05) is 61.5 Å². The highest BCUT2D eigenvalue weighted by Crippen LogP contribution is 2.53. The Morgan fingerprint density at radius 3 is 2.50 bits per heavy atom. The van der Waals surface area contributed by atoms with Crippen molar-refractivity contribution in [1.82, 2.24) is 0 Å². The van der Waals surface area contributed by atoms with Gasteiger partial charge in [0.25, 0.3) is 0 Å². The molecule has 3 aromatic rings. The molecular formula is C24H19NO2S. The predicted octanol–water partition coefficient (Wildman–Crippen LogP) is 5.95. The van der Waals surface area contributed by atoms with Gasteiger partial charge in [-0.2, -0.15) is 0 Å². The summed E-state index contributed by atoms with van der Waals surface area (Å²) < 4.78 is 5.91. The maximum Gasteiger partial charge on any atom is 0.193 e. The van der Waals surface area contributed by atoms with Crippen LogP contribution in [-0.2, 0) is 0 Å². The predicted molar refractivity (Wildman–Crippen MR) is 114 cm³/mol. The fraction of sp³-hybridized carbons (Fsp3) is 0.125. The lowest BCUT2D eigenvalue weighted by atomic mass is 10.00. The summed E-state index contributed by atoms with van der Waals surface area (Å²) in [5.41, 5.74) is 5.50. The zero-order valence-corrected chi connectivity index (χ0v) is 16.3. The van der Waals surface area contributed by atoms with Crippen LogP contribution in [0.15, 0.2) is 83.3 Å². The average molecular weight is 385 g/mol. The molecule has 5 rings (SSSR count). The van der Waals surface area contributed by atoms with Gasteiger partial charge in [0, 0.05) is 27.2 Å².